The van der Waals surface area contributed by atoms with E-state index in [9.17, 15) is 8.78 Å². The molecule has 1 heterocycles. The average Bonchev–Trinajstić information content (AvgIpc) is 2.50. The van der Waals surface area contributed by atoms with E-state index in [1.54, 1.807) is 19.3 Å². The molecule has 0 aliphatic carbocycles. The molecule has 0 saturated carbocycles. The van der Waals surface area contributed by atoms with Crippen LogP contribution in [0.15, 0.2) is 48.8 Å². The van der Waals surface area contributed by atoms with Gasteiger partial charge in [-0.2, -0.15) is 0 Å². The highest BCUT2D eigenvalue weighted by molar-refractivity contribution is 5.85. The molecule has 21 heavy (non-hydrogen) atoms. The molecule has 106 valence electrons. The summed E-state index contributed by atoms with van der Waals surface area (Å²) in [7, 11) is 0. The Balaban J connectivity index is 2.22. The number of halogens is 2. The van der Waals surface area contributed by atoms with Gasteiger partial charge >= 0.3 is 0 Å². The molecule has 0 aliphatic heterocycles. The van der Waals surface area contributed by atoms with Gasteiger partial charge in [-0.15, -0.1) is 0 Å². The topological polar surface area (TPSA) is 38.9 Å². The minimum atomic E-state index is -0.900. The number of hydrogen-bond donors (Lipinski definition) is 1. The number of nitrogens with zero attached hydrogens (tertiary/aromatic N) is 1. The number of aromatic nitrogens is 1. The lowest BCUT2D eigenvalue weighted by atomic mass is 9.94. The number of rotatable bonds is 2. The first-order valence-electron chi connectivity index (χ1n) is 6.62. The third-order valence-electron chi connectivity index (χ3n) is 3.66. The number of aryl methyl sites for hydroxylation is 1. The fourth-order valence-corrected chi connectivity index (χ4v) is 2.51. The van der Waals surface area contributed by atoms with Crippen molar-refractivity contribution in [3.05, 3.63) is 77.1 Å². The molecule has 1 unspecified atom stereocenters. The molecule has 1 atom stereocenters. The van der Waals surface area contributed by atoms with Crippen molar-refractivity contribution < 1.29 is 8.78 Å². The van der Waals surface area contributed by atoms with Crippen molar-refractivity contribution in [3.8, 4) is 0 Å². The second-order valence-corrected chi connectivity index (χ2v) is 5.02. The maximum atomic E-state index is 14.3. The van der Waals surface area contributed by atoms with E-state index < -0.39 is 17.7 Å². The molecule has 3 aromatic rings. The van der Waals surface area contributed by atoms with Crippen LogP contribution in [0.5, 0.6) is 0 Å². The fourth-order valence-electron chi connectivity index (χ4n) is 2.51. The monoisotopic (exact) mass is 284 g/mol. The summed E-state index contributed by atoms with van der Waals surface area (Å²) in [4.78, 5) is 4.12. The number of fused-ring (bicyclic) bond motifs is 1. The molecule has 0 fully saturated rings. The van der Waals surface area contributed by atoms with Crippen LogP contribution in [0.4, 0.5) is 8.78 Å². The van der Waals surface area contributed by atoms with E-state index in [-0.39, 0.29) is 5.56 Å². The maximum absolute atomic E-state index is 14.3. The van der Waals surface area contributed by atoms with Crippen LogP contribution in [0.25, 0.3) is 10.8 Å². The molecule has 0 radical (unpaired) electrons. The van der Waals surface area contributed by atoms with Crippen LogP contribution in [0, 0.1) is 18.6 Å². The van der Waals surface area contributed by atoms with Crippen LogP contribution in [0.1, 0.15) is 22.7 Å². The molecule has 1 aromatic heterocycles. The van der Waals surface area contributed by atoms with E-state index in [0.29, 0.717) is 11.1 Å². The van der Waals surface area contributed by atoms with Gasteiger partial charge < -0.3 is 5.73 Å². The lowest BCUT2D eigenvalue weighted by molar-refractivity contribution is 0.538. The highest BCUT2D eigenvalue weighted by Gasteiger charge is 2.21. The van der Waals surface area contributed by atoms with Crippen LogP contribution >= 0.6 is 0 Å². The van der Waals surface area contributed by atoms with Gasteiger partial charge in [0.15, 0.2) is 0 Å². The first-order valence-corrected chi connectivity index (χ1v) is 6.62. The highest BCUT2D eigenvalue weighted by atomic mass is 19.1. The Morgan fingerprint density at radius 2 is 1.81 bits per heavy atom. The number of nitrogens with two attached hydrogens (primary N) is 1. The second kappa shape index (κ2) is 5.22. The van der Waals surface area contributed by atoms with Crippen molar-refractivity contribution >= 4 is 10.8 Å². The van der Waals surface area contributed by atoms with Crippen LogP contribution in [0.3, 0.4) is 0 Å². The van der Waals surface area contributed by atoms with Crippen molar-refractivity contribution in [2.75, 3.05) is 0 Å². The Morgan fingerprint density at radius 3 is 2.62 bits per heavy atom. The van der Waals surface area contributed by atoms with E-state index >= 15 is 0 Å². The predicted octanol–water partition coefficient (Wildman–Crippen LogP) is 3.87. The molecular weight excluding hydrogens is 270 g/mol. The van der Waals surface area contributed by atoms with E-state index in [1.165, 1.54) is 12.1 Å². The van der Waals surface area contributed by atoms with Crippen molar-refractivity contribution in [1.82, 2.24) is 4.98 Å². The van der Waals surface area contributed by atoms with Crippen molar-refractivity contribution in [1.29, 1.82) is 0 Å². The van der Waals surface area contributed by atoms with Gasteiger partial charge in [-0.3, -0.25) is 4.98 Å². The van der Waals surface area contributed by atoms with E-state index in [0.717, 1.165) is 10.8 Å². The molecular formula is C17H14F2N2. The van der Waals surface area contributed by atoms with Gasteiger partial charge in [-0.25, -0.2) is 8.78 Å². The molecule has 4 heteroatoms. The summed E-state index contributed by atoms with van der Waals surface area (Å²) in [6, 6.07) is 9.26. The van der Waals surface area contributed by atoms with E-state index in [4.69, 9.17) is 5.73 Å². The summed E-state index contributed by atoms with van der Waals surface area (Å²) in [5, 5.41) is 1.74. The van der Waals surface area contributed by atoms with Crippen molar-refractivity contribution in [2.45, 2.75) is 13.0 Å². The largest absolute Gasteiger partial charge is 0.320 e. The van der Waals surface area contributed by atoms with Gasteiger partial charge in [0.1, 0.15) is 11.6 Å². The molecule has 2 N–H and O–H groups in total. The lowest BCUT2D eigenvalue weighted by Gasteiger charge is -2.17. The van der Waals surface area contributed by atoms with Crippen LogP contribution < -0.4 is 5.73 Å². The number of pyridine rings is 1. The molecule has 0 aliphatic rings. The summed E-state index contributed by atoms with van der Waals surface area (Å²) in [6.45, 7) is 1.59. The first-order chi connectivity index (χ1) is 10.1. The molecule has 3 rings (SSSR count). The fraction of sp³-hybridized carbons (Fsp3) is 0.118. The molecule has 2 nitrogen and oxygen atoms in total. The van der Waals surface area contributed by atoms with E-state index in [2.05, 4.69) is 4.98 Å². The zero-order chi connectivity index (χ0) is 15.0. The van der Waals surface area contributed by atoms with Crippen molar-refractivity contribution in [3.63, 3.8) is 0 Å². The smallest absolute Gasteiger partial charge is 0.134 e. The van der Waals surface area contributed by atoms with Gasteiger partial charge in [0.05, 0.1) is 6.04 Å². The van der Waals surface area contributed by atoms with Gasteiger partial charge in [-0.05, 0) is 29.5 Å². The number of benzene rings is 2. The summed E-state index contributed by atoms with van der Waals surface area (Å²) in [6.07, 6.45) is 3.27. The van der Waals surface area contributed by atoms with Gasteiger partial charge in [0, 0.05) is 23.3 Å². The van der Waals surface area contributed by atoms with Gasteiger partial charge in [-0.1, -0.05) is 30.3 Å². The lowest BCUT2D eigenvalue weighted by Crippen LogP contribution is -2.17. The molecule has 0 saturated heterocycles. The standard InChI is InChI=1S/C17H14F2N2/c1-10-6-7-14(18)15(16(10)19)17(20)13-9-21-8-11-4-2-3-5-12(11)13/h2-9,17H,20H2,1H3. The Bertz CT molecular complexity index is 810. The summed E-state index contributed by atoms with van der Waals surface area (Å²) < 4.78 is 28.3. The number of hydrogen-bond acceptors (Lipinski definition) is 2. The average molecular weight is 284 g/mol. The minimum Gasteiger partial charge on any atom is -0.320 e. The summed E-state index contributed by atoms with van der Waals surface area (Å²) in [5.74, 6) is -1.24. The Hall–Kier alpha value is -2.33. The maximum Gasteiger partial charge on any atom is 0.134 e. The van der Waals surface area contributed by atoms with Crippen molar-refractivity contribution in [2.24, 2.45) is 5.73 Å². The summed E-state index contributed by atoms with van der Waals surface area (Å²) >= 11 is 0. The minimum absolute atomic E-state index is 0.117. The molecule has 2 aromatic carbocycles. The molecule has 0 amide bonds. The highest BCUT2D eigenvalue weighted by Crippen LogP contribution is 2.30. The van der Waals surface area contributed by atoms with Crippen LogP contribution in [-0.4, -0.2) is 4.98 Å². The quantitative estimate of drug-likeness (QED) is 0.776. The van der Waals surface area contributed by atoms with Crippen LogP contribution in [-0.2, 0) is 0 Å². The zero-order valence-corrected chi connectivity index (χ0v) is 11.5. The zero-order valence-electron chi connectivity index (χ0n) is 11.5. The molecule has 0 spiro atoms. The van der Waals surface area contributed by atoms with Gasteiger partial charge in [0.2, 0.25) is 0 Å². The Kier molecular flexibility index (Phi) is 3.39. The van der Waals surface area contributed by atoms with Gasteiger partial charge in [0.25, 0.3) is 0 Å². The van der Waals surface area contributed by atoms with E-state index in [1.807, 2.05) is 24.3 Å². The third kappa shape index (κ3) is 2.28. The second-order valence-electron chi connectivity index (χ2n) is 5.02. The SMILES string of the molecule is Cc1ccc(F)c(C(N)c2cncc3ccccc23)c1F. The Morgan fingerprint density at radius 1 is 1.05 bits per heavy atom. The predicted molar refractivity (Wildman–Crippen MR) is 78.9 cm³/mol. The first kappa shape index (κ1) is 13.6. The van der Waals surface area contributed by atoms with Crippen LogP contribution in [0.2, 0.25) is 0 Å². The normalized spacial score (nSPS) is 12.6. The summed E-state index contributed by atoms with van der Waals surface area (Å²) in [5.41, 5.74) is 6.99. The third-order valence-corrected chi connectivity index (χ3v) is 3.66. The Labute approximate surface area is 121 Å². The molecule has 0 bridgehead atoms.